The van der Waals surface area contributed by atoms with Crippen molar-refractivity contribution in [1.82, 2.24) is 10.2 Å². The Bertz CT molecular complexity index is 244. The molecule has 1 atom stereocenters. The first-order valence-corrected chi connectivity index (χ1v) is 4.08. The summed E-state index contributed by atoms with van der Waals surface area (Å²) in [6.45, 7) is 3.03. The number of ether oxygens (including phenoxy) is 1. The van der Waals surface area contributed by atoms with Gasteiger partial charge in [-0.05, 0) is 12.8 Å². The van der Waals surface area contributed by atoms with Gasteiger partial charge in [-0.25, -0.2) is 0 Å². The van der Waals surface area contributed by atoms with Crippen LogP contribution in [0.15, 0.2) is 6.20 Å². The van der Waals surface area contributed by atoms with Crippen LogP contribution < -0.4 is 4.74 Å². The van der Waals surface area contributed by atoms with Crippen LogP contribution in [0.25, 0.3) is 0 Å². The fourth-order valence-corrected chi connectivity index (χ4v) is 1.54. The number of hydrogen-bond donors (Lipinski definition) is 1. The zero-order chi connectivity index (χ0) is 7.68. The smallest absolute Gasteiger partial charge is 0.160 e. The fraction of sp³-hybridized carbons (Fsp3) is 0.625. The molecule has 0 bridgehead atoms. The van der Waals surface area contributed by atoms with Gasteiger partial charge in [0.1, 0.15) is 5.69 Å². The molecule has 1 unspecified atom stereocenters. The van der Waals surface area contributed by atoms with Crippen LogP contribution >= 0.6 is 0 Å². The minimum Gasteiger partial charge on any atom is -0.490 e. The third kappa shape index (κ3) is 1.00. The summed E-state index contributed by atoms with van der Waals surface area (Å²) < 4.78 is 5.40. The van der Waals surface area contributed by atoms with E-state index in [0.29, 0.717) is 5.92 Å². The second-order valence-corrected chi connectivity index (χ2v) is 2.88. The zero-order valence-electron chi connectivity index (χ0n) is 6.63. The van der Waals surface area contributed by atoms with Gasteiger partial charge in [0.05, 0.1) is 12.8 Å². The first-order valence-electron chi connectivity index (χ1n) is 4.08. The SMILES string of the molecule is CCC1CCOc2c[nH]nc21. The molecular formula is C8H12N2O. The van der Waals surface area contributed by atoms with Crippen LogP contribution in [0.4, 0.5) is 0 Å². The van der Waals surface area contributed by atoms with Crippen LogP contribution in [0.2, 0.25) is 0 Å². The molecule has 3 nitrogen and oxygen atoms in total. The predicted octanol–water partition coefficient (Wildman–Crippen LogP) is 1.69. The number of aromatic nitrogens is 2. The minimum absolute atomic E-state index is 0.602. The molecule has 0 radical (unpaired) electrons. The quantitative estimate of drug-likeness (QED) is 0.664. The van der Waals surface area contributed by atoms with E-state index in [1.54, 1.807) is 0 Å². The van der Waals surface area contributed by atoms with E-state index < -0.39 is 0 Å². The van der Waals surface area contributed by atoms with E-state index in [9.17, 15) is 0 Å². The average Bonchev–Trinajstić information content (AvgIpc) is 2.50. The number of nitrogens with zero attached hydrogens (tertiary/aromatic N) is 1. The lowest BCUT2D eigenvalue weighted by atomic mass is 9.97. The highest BCUT2D eigenvalue weighted by molar-refractivity contribution is 5.29. The maximum absolute atomic E-state index is 5.40. The summed E-state index contributed by atoms with van der Waals surface area (Å²) in [5, 5.41) is 6.99. The highest BCUT2D eigenvalue weighted by atomic mass is 16.5. The lowest BCUT2D eigenvalue weighted by Crippen LogP contribution is -2.12. The van der Waals surface area contributed by atoms with Crippen LogP contribution in [0.1, 0.15) is 31.4 Å². The molecule has 0 amide bonds. The van der Waals surface area contributed by atoms with E-state index >= 15 is 0 Å². The molecule has 2 heterocycles. The van der Waals surface area contributed by atoms with E-state index in [-0.39, 0.29) is 0 Å². The van der Waals surface area contributed by atoms with Gasteiger partial charge in [0.15, 0.2) is 5.75 Å². The molecule has 1 aliphatic heterocycles. The van der Waals surface area contributed by atoms with Crippen molar-refractivity contribution < 1.29 is 4.74 Å². The standard InChI is InChI=1S/C8H12N2O/c1-2-6-3-4-11-7-5-9-10-8(6)7/h5-6H,2-4H2,1H3,(H,9,10). The molecule has 0 saturated carbocycles. The number of rotatable bonds is 1. The number of H-pyrrole nitrogens is 1. The first kappa shape index (κ1) is 6.70. The Balaban J connectivity index is 2.32. The van der Waals surface area contributed by atoms with E-state index in [4.69, 9.17) is 4.74 Å². The van der Waals surface area contributed by atoms with E-state index in [0.717, 1.165) is 30.9 Å². The number of aromatic amines is 1. The minimum atomic E-state index is 0.602. The molecule has 1 aliphatic rings. The number of nitrogens with one attached hydrogen (secondary N) is 1. The van der Waals surface area contributed by atoms with Gasteiger partial charge in [-0.3, -0.25) is 5.10 Å². The summed E-state index contributed by atoms with van der Waals surface area (Å²) in [6, 6.07) is 0. The van der Waals surface area contributed by atoms with E-state index in [1.165, 1.54) is 0 Å². The molecule has 0 spiro atoms. The van der Waals surface area contributed by atoms with Crippen molar-refractivity contribution in [3.05, 3.63) is 11.9 Å². The molecule has 1 aromatic heterocycles. The first-order chi connectivity index (χ1) is 5.42. The van der Waals surface area contributed by atoms with Gasteiger partial charge >= 0.3 is 0 Å². The molecule has 60 valence electrons. The van der Waals surface area contributed by atoms with Crippen LogP contribution in [0.3, 0.4) is 0 Å². The van der Waals surface area contributed by atoms with Crippen molar-refractivity contribution in [2.24, 2.45) is 0 Å². The van der Waals surface area contributed by atoms with Crippen molar-refractivity contribution in [2.75, 3.05) is 6.61 Å². The van der Waals surface area contributed by atoms with Crippen LogP contribution in [-0.4, -0.2) is 16.8 Å². The second kappa shape index (κ2) is 2.57. The van der Waals surface area contributed by atoms with Crippen molar-refractivity contribution >= 4 is 0 Å². The van der Waals surface area contributed by atoms with Crippen molar-refractivity contribution in [1.29, 1.82) is 0 Å². The van der Waals surface area contributed by atoms with Gasteiger partial charge in [-0.1, -0.05) is 6.92 Å². The molecule has 0 fully saturated rings. The normalized spacial score (nSPS) is 22.5. The average molecular weight is 152 g/mol. The molecule has 0 aliphatic carbocycles. The van der Waals surface area contributed by atoms with Gasteiger partial charge in [0.2, 0.25) is 0 Å². The maximum Gasteiger partial charge on any atom is 0.160 e. The van der Waals surface area contributed by atoms with Crippen LogP contribution in [0, 0.1) is 0 Å². The third-order valence-electron chi connectivity index (χ3n) is 2.24. The molecule has 2 rings (SSSR count). The predicted molar refractivity (Wildman–Crippen MR) is 41.7 cm³/mol. The molecule has 0 aromatic carbocycles. The summed E-state index contributed by atoms with van der Waals surface area (Å²) in [4.78, 5) is 0. The summed E-state index contributed by atoms with van der Waals surface area (Å²) in [5.74, 6) is 1.55. The Hall–Kier alpha value is -0.990. The highest BCUT2D eigenvalue weighted by Gasteiger charge is 2.21. The highest BCUT2D eigenvalue weighted by Crippen LogP contribution is 2.32. The van der Waals surface area contributed by atoms with Gasteiger partial charge in [-0.2, -0.15) is 5.10 Å². The van der Waals surface area contributed by atoms with E-state index in [1.807, 2.05) is 6.20 Å². The number of fused-ring (bicyclic) bond motifs is 1. The fourth-order valence-electron chi connectivity index (χ4n) is 1.54. The van der Waals surface area contributed by atoms with Gasteiger partial charge in [0, 0.05) is 5.92 Å². The van der Waals surface area contributed by atoms with Crippen molar-refractivity contribution in [3.8, 4) is 5.75 Å². The Kier molecular flexibility index (Phi) is 1.56. The topological polar surface area (TPSA) is 37.9 Å². The second-order valence-electron chi connectivity index (χ2n) is 2.88. The molecule has 3 heteroatoms. The van der Waals surface area contributed by atoms with Crippen molar-refractivity contribution in [2.45, 2.75) is 25.7 Å². The van der Waals surface area contributed by atoms with E-state index in [2.05, 4.69) is 17.1 Å². The lowest BCUT2D eigenvalue weighted by molar-refractivity contribution is 0.264. The summed E-state index contributed by atoms with van der Waals surface area (Å²) in [6.07, 6.45) is 4.09. The molecular weight excluding hydrogens is 140 g/mol. The molecule has 0 saturated heterocycles. The van der Waals surface area contributed by atoms with Crippen LogP contribution in [0.5, 0.6) is 5.75 Å². The Morgan fingerprint density at radius 1 is 1.82 bits per heavy atom. The summed E-state index contributed by atoms with van der Waals surface area (Å²) >= 11 is 0. The molecule has 11 heavy (non-hydrogen) atoms. The summed E-state index contributed by atoms with van der Waals surface area (Å²) in [7, 11) is 0. The van der Waals surface area contributed by atoms with Crippen LogP contribution in [-0.2, 0) is 0 Å². The maximum atomic E-state index is 5.40. The largest absolute Gasteiger partial charge is 0.490 e. The Morgan fingerprint density at radius 2 is 2.73 bits per heavy atom. The van der Waals surface area contributed by atoms with Gasteiger partial charge < -0.3 is 4.74 Å². The monoisotopic (exact) mass is 152 g/mol. The van der Waals surface area contributed by atoms with Crippen molar-refractivity contribution in [3.63, 3.8) is 0 Å². The summed E-state index contributed by atoms with van der Waals surface area (Å²) in [5.41, 5.74) is 1.11. The molecule has 1 N–H and O–H groups in total. The number of hydrogen-bond acceptors (Lipinski definition) is 2. The zero-order valence-corrected chi connectivity index (χ0v) is 6.63. The Morgan fingerprint density at radius 3 is 3.55 bits per heavy atom. The Labute approximate surface area is 65.8 Å². The molecule has 1 aromatic rings. The third-order valence-corrected chi connectivity index (χ3v) is 2.24. The van der Waals surface area contributed by atoms with Gasteiger partial charge in [-0.15, -0.1) is 0 Å². The van der Waals surface area contributed by atoms with Gasteiger partial charge in [0.25, 0.3) is 0 Å². The lowest BCUT2D eigenvalue weighted by Gasteiger charge is -2.19.